The van der Waals surface area contributed by atoms with Crippen molar-refractivity contribution in [2.75, 3.05) is 0 Å². The molecule has 5 rings (SSSR count). The quantitative estimate of drug-likeness (QED) is 0.314. The van der Waals surface area contributed by atoms with E-state index in [1.807, 2.05) is 35.0 Å². The van der Waals surface area contributed by atoms with Crippen LogP contribution in [-0.4, -0.2) is 42.6 Å². The molecule has 0 bridgehead atoms. The van der Waals surface area contributed by atoms with Gasteiger partial charge in [-0.05, 0) is 31.2 Å². The molecule has 0 aliphatic carbocycles. The van der Waals surface area contributed by atoms with Crippen LogP contribution in [0.5, 0.6) is 0 Å². The van der Waals surface area contributed by atoms with Crippen LogP contribution in [0.2, 0.25) is 0 Å². The number of para-hydroxylation sites is 1. The summed E-state index contributed by atoms with van der Waals surface area (Å²) in [7, 11) is 0. The molecule has 2 heterocycles. The van der Waals surface area contributed by atoms with E-state index >= 15 is 0 Å². The molecule has 0 aliphatic heterocycles. The van der Waals surface area contributed by atoms with Gasteiger partial charge in [0, 0.05) is 28.4 Å². The van der Waals surface area contributed by atoms with Gasteiger partial charge in [-0.25, -0.2) is 5.10 Å². The van der Waals surface area contributed by atoms with Gasteiger partial charge in [0.1, 0.15) is 0 Å². The van der Waals surface area contributed by atoms with Gasteiger partial charge in [0.05, 0.1) is 5.69 Å². The van der Waals surface area contributed by atoms with Crippen molar-refractivity contribution in [1.82, 2.24) is 19.6 Å². The van der Waals surface area contributed by atoms with Crippen LogP contribution >= 0.6 is 0 Å². The zero-order valence-corrected chi connectivity index (χ0v) is 18.5. The molecule has 4 nitrogen and oxygen atoms in total. The van der Waals surface area contributed by atoms with Gasteiger partial charge in [-0.2, -0.15) is 0 Å². The van der Waals surface area contributed by atoms with Crippen LogP contribution in [0.1, 0.15) is 6.92 Å². The van der Waals surface area contributed by atoms with Crippen LogP contribution in [0.15, 0.2) is 72.8 Å². The maximum atomic E-state index is 4.28. The predicted octanol–water partition coefficient (Wildman–Crippen LogP) is 1.49. The van der Waals surface area contributed by atoms with E-state index in [2.05, 4.69) is 70.5 Å². The molecule has 0 amide bonds. The number of halogens is 1. The molecule has 3 aromatic carbocycles. The summed E-state index contributed by atoms with van der Waals surface area (Å²) in [5.74, 6) is 0. The topological polar surface area (TPSA) is 35.6 Å². The smallest absolute Gasteiger partial charge is 1.00 e. The van der Waals surface area contributed by atoms with Crippen LogP contribution in [0, 0.1) is 6.20 Å². The molecule has 0 saturated carbocycles. The van der Waals surface area contributed by atoms with E-state index in [-0.39, 0.29) is 40.0 Å². The Balaban J connectivity index is 0.00000112. The summed E-state index contributed by atoms with van der Waals surface area (Å²) in [6.45, 7) is 3.12. The van der Waals surface area contributed by atoms with Gasteiger partial charge < -0.3 is 21.5 Å². The third-order valence-corrected chi connectivity index (χ3v) is 4.87. The van der Waals surface area contributed by atoms with Gasteiger partial charge in [-0.3, -0.25) is 4.68 Å². The van der Waals surface area contributed by atoms with Gasteiger partial charge in [0.2, 0.25) is 0 Å². The normalized spacial score (nSPS) is 10.6. The molecule has 28 heavy (non-hydrogen) atoms. The van der Waals surface area contributed by atoms with E-state index in [9.17, 15) is 0 Å². The van der Waals surface area contributed by atoms with Crippen molar-refractivity contribution >= 4 is 44.9 Å². The Bertz CT molecular complexity index is 1230. The van der Waals surface area contributed by atoms with E-state index in [4.69, 9.17) is 0 Å². The van der Waals surface area contributed by atoms with Crippen molar-refractivity contribution in [2.24, 2.45) is 0 Å². The first-order valence-corrected chi connectivity index (χ1v) is 8.77. The molecule has 0 aliphatic rings. The molecular weight excluding hydrogens is 424 g/mol. The molecule has 6 heteroatoms. The fourth-order valence-electron chi connectivity index (χ4n) is 3.68. The van der Waals surface area contributed by atoms with Crippen LogP contribution in [-0.2, 0) is 6.54 Å². The largest absolute Gasteiger partial charge is 2.00 e. The minimum absolute atomic E-state index is 0. The predicted molar refractivity (Wildman–Crippen MR) is 110 cm³/mol. The van der Waals surface area contributed by atoms with Crippen molar-refractivity contribution < 1.29 is 17.0 Å². The van der Waals surface area contributed by atoms with E-state index in [1.165, 1.54) is 21.8 Å². The van der Waals surface area contributed by atoms with Gasteiger partial charge in [-0.1, -0.05) is 53.5 Å². The Kier molecular flexibility index (Phi) is 6.22. The third kappa shape index (κ3) is 3.25. The second kappa shape index (κ2) is 8.47. The summed E-state index contributed by atoms with van der Waals surface area (Å²) in [4.78, 5) is 0. The van der Waals surface area contributed by atoms with Crippen LogP contribution in [0.25, 0.3) is 38.8 Å². The molecule has 0 saturated heterocycles. The molecule has 0 unspecified atom stereocenters. The van der Waals surface area contributed by atoms with Crippen LogP contribution in [0.3, 0.4) is 0 Å². The summed E-state index contributed by atoms with van der Waals surface area (Å²) < 4.78 is 4.20. The van der Waals surface area contributed by atoms with Crippen LogP contribution < -0.4 is 17.0 Å². The summed E-state index contributed by atoms with van der Waals surface area (Å²) in [6, 6.07) is 25.1. The fraction of sp³-hybridized carbons (Fsp3) is 0.0909. The zero-order valence-electron chi connectivity index (χ0n) is 15.5. The summed E-state index contributed by atoms with van der Waals surface area (Å²) in [5.41, 5.74) is 5.40. The fourth-order valence-corrected chi connectivity index (χ4v) is 3.68. The van der Waals surface area contributed by atoms with Gasteiger partial charge in [-0.15, -0.1) is 17.7 Å². The Labute approximate surface area is 190 Å². The summed E-state index contributed by atoms with van der Waals surface area (Å²) in [6.07, 6.45) is 3.02. The van der Waals surface area contributed by atoms with Gasteiger partial charge >= 0.3 is 23.1 Å². The second-order valence-electron chi connectivity index (χ2n) is 6.29. The monoisotopic (exact) mass is 440 g/mol. The molecule has 0 atom stereocenters. The number of benzene rings is 3. The first-order chi connectivity index (χ1) is 12.9. The van der Waals surface area contributed by atoms with Gasteiger partial charge in [0.15, 0.2) is 0 Å². The number of aromatic nitrogens is 4. The number of hydrogen-bond donors (Lipinski definition) is 0. The Morgan fingerprint density at radius 3 is 2.36 bits per heavy atom. The SMILES string of the molecule is CCn1c2ccccc2c2cc(-n3nn[c-]c3-c3ccccc3)ccc21.[Br-].[Mg+2]. The number of aryl methyl sites for hydroxylation is 1. The number of nitrogens with zero attached hydrogens (tertiary/aromatic N) is 4. The molecule has 2 aromatic heterocycles. The Hall–Kier alpha value is -2.15. The molecule has 0 radical (unpaired) electrons. The first kappa shape index (κ1) is 20.6. The van der Waals surface area contributed by atoms with Crippen molar-refractivity contribution in [3.05, 3.63) is 79.0 Å². The van der Waals surface area contributed by atoms with Gasteiger partial charge in [0.25, 0.3) is 0 Å². The Morgan fingerprint density at radius 1 is 0.857 bits per heavy atom. The second-order valence-corrected chi connectivity index (χ2v) is 6.29. The average Bonchev–Trinajstić information content (AvgIpc) is 3.31. The maximum absolute atomic E-state index is 4.28. The number of fused-ring (bicyclic) bond motifs is 3. The molecular formula is C22H17BrMgN4. The van der Waals surface area contributed by atoms with Crippen molar-refractivity contribution in [3.8, 4) is 16.9 Å². The third-order valence-electron chi connectivity index (χ3n) is 4.87. The minimum atomic E-state index is 0. The molecule has 134 valence electrons. The zero-order chi connectivity index (χ0) is 17.5. The summed E-state index contributed by atoms with van der Waals surface area (Å²) >= 11 is 0. The number of rotatable bonds is 3. The van der Waals surface area contributed by atoms with Crippen LogP contribution in [0.4, 0.5) is 0 Å². The summed E-state index contributed by atoms with van der Waals surface area (Å²) in [5, 5.41) is 10.8. The Morgan fingerprint density at radius 2 is 1.57 bits per heavy atom. The van der Waals surface area contributed by atoms with Crippen molar-refractivity contribution in [3.63, 3.8) is 0 Å². The standard InChI is InChI=1S/C22H17N4.BrH.Mg/c1-2-25-20-11-7-6-10-18(20)19-14-17(12-13-21(19)25)26-22(15-23-24-26)16-8-4-3-5-9-16;;/h3-14H,2H2,1H3;1H;/q-1;;+2/p-1. The minimum Gasteiger partial charge on any atom is -1.00 e. The number of hydrogen-bond acceptors (Lipinski definition) is 2. The van der Waals surface area contributed by atoms with Crippen molar-refractivity contribution in [1.29, 1.82) is 0 Å². The van der Waals surface area contributed by atoms with Crippen molar-refractivity contribution in [2.45, 2.75) is 13.5 Å². The first-order valence-electron chi connectivity index (χ1n) is 8.77. The maximum Gasteiger partial charge on any atom is 2.00 e. The molecule has 0 fully saturated rings. The van der Waals surface area contributed by atoms with E-state index < -0.39 is 0 Å². The molecule has 0 N–H and O–H groups in total. The van der Waals surface area contributed by atoms with E-state index in [1.54, 1.807) is 0 Å². The molecule has 5 aromatic rings. The van der Waals surface area contributed by atoms with E-state index in [0.29, 0.717) is 0 Å². The average molecular weight is 442 g/mol. The van der Waals surface area contributed by atoms with E-state index in [0.717, 1.165) is 23.5 Å². The molecule has 0 spiro atoms.